The first kappa shape index (κ1) is 36.9. The second kappa shape index (κ2) is 14.1. The van der Waals surface area contributed by atoms with Crippen molar-refractivity contribution in [1.82, 2.24) is 0 Å². The highest BCUT2D eigenvalue weighted by Crippen LogP contribution is 2.53. The van der Waals surface area contributed by atoms with E-state index >= 15 is 0 Å². The number of aryl methyl sites for hydroxylation is 2. The highest BCUT2D eigenvalue weighted by molar-refractivity contribution is 6.33. The summed E-state index contributed by atoms with van der Waals surface area (Å²) in [4.78, 5) is 2.55. The van der Waals surface area contributed by atoms with Gasteiger partial charge < -0.3 is 4.90 Å². The Morgan fingerprint density at radius 1 is 0.344 bits per heavy atom. The number of rotatable bonds is 6. The van der Waals surface area contributed by atoms with E-state index in [2.05, 4.69) is 231 Å². The van der Waals surface area contributed by atoms with Gasteiger partial charge in [0.2, 0.25) is 0 Å². The van der Waals surface area contributed by atoms with E-state index in [9.17, 15) is 0 Å². The zero-order valence-corrected chi connectivity index (χ0v) is 36.1. The van der Waals surface area contributed by atoms with Crippen molar-refractivity contribution in [2.45, 2.75) is 32.1 Å². The maximum atomic E-state index is 2.55. The summed E-state index contributed by atoms with van der Waals surface area (Å²) in [5, 5.41) is 10.3. The second-order valence-corrected chi connectivity index (χ2v) is 18.3. The van der Waals surface area contributed by atoms with Crippen LogP contribution in [0.5, 0.6) is 0 Å². The molecule has 0 aromatic heterocycles. The molecule has 1 heteroatoms. The normalized spacial score (nSPS) is 13.5. The van der Waals surface area contributed by atoms with Crippen LogP contribution in [0.25, 0.3) is 87.6 Å². The molecule has 0 radical (unpaired) electrons. The summed E-state index contributed by atoms with van der Waals surface area (Å²) in [6.07, 6.45) is 2.19. The third-order valence-electron chi connectivity index (χ3n) is 14.5. The summed E-state index contributed by atoms with van der Waals surface area (Å²) < 4.78 is 0. The molecular weight excluding hydrogens is 771 g/mol. The van der Waals surface area contributed by atoms with Crippen LogP contribution in [-0.2, 0) is 18.3 Å². The number of fused-ring (bicyclic) bond motifs is 9. The Hall–Kier alpha value is -7.74. The number of hydrogen-bond donors (Lipinski definition) is 0. The molecule has 0 N–H and O–H groups in total. The molecule has 0 aliphatic heterocycles. The smallest absolute Gasteiger partial charge is 0.0540 e. The van der Waals surface area contributed by atoms with Gasteiger partial charge in [0.25, 0.3) is 0 Å². The van der Waals surface area contributed by atoms with Gasteiger partial charge in [0.1, 0.15) is 0 Å². The third-order valence-corrected chi connectivity index (χ3v) is 14.5. The molecule has 0 heterocycles. The lowest BCUT2D eigenvalue weighted by Gasteiger charge is -2.30. The van der Waals surface area contributed by atoms with E-state index in [0.29, 0.717) is 0 Å². The molecular formula is C63H45N. The Morgan fingerprint density at radius 3 is 1.69 bits per heavy atom. The zero-order chi connectivity index (χ0) is 42.5. The van der Waals surface area contributed by atoms with Crippen LogP contribution in [0, 0.1) is 0 Å². The molecule has 0 unspecified atom stereocenters. The SMILES string of the molecule is CC1(C)c2ccccc2-c2ccc(N(c3ccc4c(c3)c3ccccc3c3c(-c5ccccc5)cc(-c5ccccc5)c(-c5ccccc5)c43)c3ccc4c5c(cccc35)CC4)cc21. The fourth-order valence-electron chi connectivity index (χ4n) is 11.6. The van der Waals surface area contributed by atoms with Gasteiger partial charge in [0, 0.05) is 22.2 Å². The van der Waals surface area contributed by atoms with E-state index in [0.717, 1.165) is 18.5 Å². The second-order valence-electron chi connectivity index (χ2n) is 18.3. The van der Waals surface area contributed by atoms with Gasteiger partial charge in [-0.25, -0.2) is 0 Å². The molecule has 64 heavy (non-hydrogen) atoms. The molecule has 0 fully saturated rings. The first-order chi connectivity index (χ1) is 31.5. The van der Waals surface area contributed by atoms with Crippen LogP contribution >= 0.6 is 0 Å². The standard InChI is InChI=1S/C63H45N/c1-63(2)56-28-15-14-25-48(56)49-34-32-46(38-57(49)63)64(58-36-31-44-30-29-43-23-16-27-52(58)59(43)44)45-33-35-51-55(37-45)47-24-12-13-26-50(47)61-54(41-19-8-4-9-20-41)39-53(40-17-6-3-7-18-40)60(62(51)61)42-21-10-5-11-22-42/h3-28,31-39H,29-30H2,1-2H3. The molecule has 2 aliphatic rings. The van der Waals surface area contributed by atoms with Crippen LogP contribution < -0.4 is 4.90 Å². The first-order valence-corrected chi connectivity index (χ1v) is 22.7. The Morgan fingerprint density at radius 2 is 0.922 bits per heavy atom. The molecule has 11 aromatic rings. The maximum Gasteiger partial charge on any atom is 0.0540 e. The van der Waals surface area contributed by atoms with E-state index < -0.39 is 0 Å². The predicted molar refractivity (Wildman–Crippen MR) is 272 cm³/mol. The van der Waals surface area contributed by atoms with Crippen molar-refractivity contribution < 1.29 is 0 Å². The molecule has 0 saturated heterocycles. The van der Waals surface area contributed by atoms with E-state index in [-0.39, 0.29) is 5.41 Å². The summed E-state index contributed by atoms with van der Waals surface area (Å²) >= 11 is 0. The lowest BCUT2D eigenvalue weighted by Crippen LogP contribution is -2.16. The summed E-state index contributed by atoms with van der Waals surface area (Å²) in [6.45, 7) is 4.77. The van der Waals surface area contributed by atoms with Gasteiger partial charge in [-0.2, -0.15) is 0 Å². The Kier molecular flexibility index (Phi) is 8.15. The quantitative estimate of drug-likeness (QED) is 0.151. The average molecular weight is 816 g/mol. The summed E-state index contributed by atoms with van der Waals surface area (Å²) in [5.41, 5.74) is 19.1. The van der Waals surface area contributed by atoms with Crippen molar-refractivity contribution in [3.8, 4) is 44.5 Å². The fraction of sp³-hybridized carbons (Fsp3) is 0.0794. The molecule has 11 aromatic carbocycles. The van der Waals surface area contributed by atoms with Gasteiger partial charge >= 0.3 is 0 Å². The monoisotopic (exact) mass is 815 g/mol. The first-order valence-electron chi connectivity index (χ1n) is 22.7. The highest BCUT2D eigenvalue weighted by atomic mass is 15.1. The Balaban J connectivity index is 1.15. The summed E-state index contributed by atoms with van der Waals surface area (Å²) in [6, 6.07) is 79.7. The number of anilines is 3. The van der Waals surface area contributed by atoms with Crippen LogP contribution in [0.3, 0.4) is 0 Å². The minimum Gasteiger partial charge on any atom is -0.310 e. The summed E-state index contributed by atoms with van der Waals surface area (Å²) in [5.74, 6) is 0. The van der Waals surface area contributed by atoms with Gasteiger partial charge in [-0.3, -0.25) is 0 Å². The Bertz CT molecular complexity index is 3670. The van der Waals surface area contributed by atoms with Crippen LogP contribution in [0.1, 0.15) is 36.1 Å². The highest BCUT2D eigenvalue weighted by Gasteiger charge is 2.36. The average Bonchev–Trinajstić information content (AvgIpc) is 3.88. The minimum atomic E-state index is -0.130. The molecule has 2 aliphatic carbocycles. The molecule has 0 amide bonds. The van der Waals surface area contributed by atoms with Crippen LogP contribution in [-0.4, -0.2) is 0 Å². The Labute approximate surface area is 374 Å². The van der Waals surface area contributed by atoms with Gasteiger partial charge in [-0.1, -0.05) is 190 Å². The molecule has 1 nitrogen and oxygen atoms in total. The summed E-state index contributed by atoms with van der Waals surface area (Å²) in [7, 11) is 0. The van der Waals surface area contributed by atoms with Crippen molar-refractivity contribution >= 4 is 60.2 Å². The maximum absolute atomic E-state index is 2.55. The van der Waals surface area contributed by atoms with E-state index in [1.165, 1.54) is 121 Å². The molecule has 0 atom stereocenters. The van der Waals surface area contributed by atoms with Crippen molar-refractivity contribution in [2.75, 3.05) is 4.90 Å². The van der Waals surface area contributed by atoms with Gasteiger partial charge in [0.05, 0.1) is 5.69 Å². The zero-order valence-electron chi connectivity index (χ0n) is 36.1. The van der Waals surface area contributed by atoms with Crippen molar-refractivity contribution in [1.29, 1.82) is 0 Å². The molecule has 0 saturated carbocycles. The lowest BCUT2D eigenvalue weighted by molar-refractivity contribution is 0.660. The van der Waals surface area contributed by atoms with Crippen LogP contribution in [0.4, 0.5) is 17.1 Å². The third kappa shape index (κ3) is 5.44. The van der Waals surface area contributed by atoms with E-state index in [1.54, 1.807) is 0 Å². The number of hydrogen-bond acceptors (Lipinski definition) is 1. The number of benzene rings is 11. The molecule has 302 valence electrons. The van der Waals surface area contributed by atoms with Crippen molar-refractivity contribution in [3.63, 3.8) is 0 Å². The van der Waals surface area contributed by atoms with Gasteiger partial charge in [0.15, 0.2) is 0 Å². The lowest BCUT2D eigenvalue weighted by atomic mass is 9.81. The number of nitrogens with zero attached hydrogens (tertiary/aromatic N) is 1. The topological polar surface area (TPSA) is 3.24 Å². The predicted octanol–water partition coefficient (Wildman–Crippen LogP) is 17.2. The fourth-order valence-corrected chi connectivity index (χ4v) is 11.6. The molecule has 0 spiro atoms. The van der Waals surface area contributed by atoms with Crippen LogP contribution in [0.15, 0.2) is 212 Å². The molecule has 13 rings (SSSR count). The van der Waals surface area contributed by atoms with Gasteiger partial charge in [-0.15, -0.1) is 0 Å². The molecule has 0 bridgehead atoms. The van der Waals surface area contributed by atoms with Gasteiger partial charge in [-0.05, 0) is 154 Å². The van der Waals surface area contributed by atoms with Crippen molar-refractivity contribution in [3.05, 3.63) is 235 Å². The van der Waals surface area contributed by atoms with Crippen LogP contribution in [0.2, 0.25) is 0 Å². The van der Waals surface area contributed by atoms with E-state index in [4.69, 9.17) is 0 Å². The van der Waals surface area contributed by atoms with E-state index in [1.807, 2.05) is 0 Å². The largest absolute Gasteiger partial charge is 0.310 e. The minimum absolute atomic E-state index is 0.130. The van der Waals surface area contributed by atoms with Crippen molar-refractivity contribution in [2.24, 2.45) is 0 Å².